The van der Waals surface area contributed by atoms with Crippen LogP contribution in [0.15, 0.2) is 11.0 Å². The number of fused-ring (bicyclic) bond motifs is 1. The van der Waals surface area contributed by atoms with E-state index in [1.165, 1.54) is 43.0 Å². The van der Waals surface area contributed by atoms with Crippen LogP contribution in [0, 0.1) is 17.3 Å². The van der Waals surface area contributed by atoms with E-state index in [0.717, 1.165) is 5.92 Å². The fourth-order valence-corrected chi connectivity index (χ4v) is 4.68. The van der Waals surface area contributed by atoms with E-state index in [1.54, 1.807) is 7.05 Å². The van der Waals surface area contributed by atoms with E-state index in [4.69, 9.17) is 0 Å². The average molecular weight is 261 g/mol. The minimum atomic E-state index is -0.248. The summed E-state index contributed by atoms with van der Waals surface area (Å²) in [5.41, 5.74) is 0.374. The van der Waals surface area contributed by atoms with Crippen LogP contribution < -0.4 is 10.9 Å². The SMILES string of the molecule is Cn1[nH]cc(C(=O)NC2C3CC4CCCC32C4)c1=O. The summed E-state index contributed by atoms with van der Waals surface area (Å²) in [5, 5.41) is 5.85. The number of amides is 1. The average Bonchev–Trinajstić information content (AvgIpc) is 2.69. The molecule has 0 aromatic carbocycles. The molecule has 4 rings (SSSR count). The summed E-state index contributed by atoms with van der Waals surface area (Å²) in [5.74, 6) is 1.36. The second-order valence-electron chi connectivity index (χ2n) is 6.54. The molecule has 5 nitrogen and oxygen atoms in total. The smallest absolute Gasteiger partial charge is 0.279 e. The standard InChI is InChI=1S/C14H19N3O2/c1-17-13(19)9(7-15-17)12(18)16-11-10-5-8-3-2-4-14(10,11)6-8/h7-8,10-11,15H,2-6H2,1H3,(H,16,18). The highest BCUT2D eigenvalue weighted by molar-refractivity contribution is 5.94. The second kappa shape index (κ2) is 3.52. The molecule has 3 aliphatic rings. The Labute approximate surface area is 111 Å². The van der Waals surface area contributed by atoms with Crippen molar-refractivity contribution in [3.63, 3.8) is 0 Å². The first-order valence-corrected chi connectivity index (χ1v) is 7.17. The van der Waals surface area contributed by atoms with E-state index < -0.39 is 0 Å². The Hall–Kier alpha value is -1.52. The first-order valence-electron chi connectivity index (χ1n) is 7.17. The van der Waals surface area contributed by atoms with Crippen LogP contribution in [0.5, 0.6) is 0 Å². The molecule has 1 spiro atoms. The minimum Gasteiger partial charge on any atom is -0.348 e. The Morgan fingerprint density at radius 2 is 2.42 bits per heavy atom. The molecular weight excluding hydrogens is 242 g/mol. The second-order valence-corrected chi connectivity index (χ2v) is 6.54. The molecule has 1 heterocycles. The van der Waals surface area contributed by atoms with Crippen molar-refractivity contribution in [2.24, 2.45) is 24.3 Å². The number of carbonyl (C=O) groups excluding carboxylic acids is 1. The van der Waals surface area contributed by atoms with Gasteiger partial charge in [-0.2, -0.15) is 0 Å². The van der Waals surface area contributed by atoms with Gasteiger partial charge in [0.2, 0.25) is 0 Å². The summed E-state index contributed by atoms with van der Waals surface area (Å²) in [7, 11) is 1.62. The van der Waals surface area contributed by atoms with Gasteiger partial charge in [0.1, 0.15) is 5.56 Å². The maximum absolute atomic E-state index is 12.2. The molecule has 0 aliphatic heterocycles. The highest BCUT2D eigenvalue weighted by Gasteiger charge is 2.69. The lowest BCUT2D eigenvalue weighted by Gasteiger charge is -2.25. The van der Waals surface area contributed by atoms with Gasteiger partial charge in [0.05, 0.1) is 0 Å². The quantitative estimate of drug-likeness (QED) is 0.834. The number of hydrogen-bond donors (Lipinski definition) is 2. The van der Waals surface area contributed by atoms with Crippen molar-refractivity contribution in [3.05, 3.63) is 22.1 Å². The Bertz CT molecular complexity index is 602. The van der Waals surface area contributed by atoms with Crippen LogP contribution in [0.3, 0.4) is 0 Å². The van der Waals surface area contributed by atoms with E-state index in [-0.39, 0.29) is 17.0 Å². The van der Waals surface area contributed by atoms with Gasteiger partial charge in [0.25, 0.3) is 11.5 Å². The Balaban J connectivity index is 1.51. The van der Waals surface area contributed by atoms with Crippen LogP contribution in [0.1, 0.15) is 42.5 Å². The third-order valence-electron chi connectivity index (χ3n) is 5.63. The predicted octanol–water partition coefficient (Wildman–Crippen LogP) is 1.02. The summed E-state index contributed by atoms with van der Waals surface area (Å²) < 4.78 is 1.33. The van der Waals surface area contributed by atoms with Crippen LogP contribution in [0.2, 0.25) is 0 Å². The first kappa shape index (κ1) is 11.3. The molecule has 2 N–H and O–H groups in total. The maximum Gasteiger partial charge on any atom is 0.279 e. The molecule has 4 unspecified atom stereocenters. The normalized spacial score (nSPS) is 38.9. The van der Waals surface area contributed by atoms with Crippen molar-refractivity contribution in [3.8, 4) is 0 Å². The highest BCUT2D eigenvalue weighted by Crippen LogP contribution is 2.70. The molecule has 1 aromatic heterocycles. The zero-order chi connectivity index (χ0) is 13.2. The third-order valence-corrected chi connectivity index (χ3v) is 5.63. The molecule has 0 saturated heterocycles. The van der Waals surface area contributed by atoms with Gasteiger partial charge in [-0.05, 0) is 36.5 Å². The zero-order valence-electron chi connectivity index (χ0n) is 11.1. The van der Waals surface area contributed by atoms with E-state index in [1.807, 2.05) is 0 Å². The monoisotopic (exact) mass is 261 g/mol. The maximum atomic E-state index is 12.2. The number of nitrogens with zero attached hydrogens (tertiary/aromatic N) is 1. The summed E-state index contributed by atoms with van der Waals surface area (Å²) in [6.07, 6.45) is 7.99. The van der Waals surface area contributed by atoms with E-state index in [9.17, 15) is 9.59 Å². The first-order chi connectivity index (χ1) is 9.12. The van der Waals surface area contributed by atoms with Gasteiger partial charge in [-0.25, -0.2) is 0 Å². The van der Waals surface area contributed by atoms with Crippen molar-refractivity contribution >= 4 is 5.91 Å². The van der Waals surface area contributed by atoms with Crippen LogP contribution in [0.4, 0.5) is 0 Å². The number of aryl methyl sites for hydroxylation is 1. The molecule has 102 valence electrons. The molecule has 1 amide bonds. The molecule has 19 heavy (non-hydrogen) atoms. The number of carbonyl (C=O) groups is 1. The van der Waals surface area contributed by atoms with Crippen molar-refractivity contribution < 1.29 is 4.79 Å². The Morgan fingerprint density at radius 1 is 1.58 bits per heavy atom. The summed E-state index contributed by atoms with van der Waals surface area (Å²) >= 11 is 0. The molecular formula is C14H19N3O2. The molecule has 3 saturated carbocycles. The lowest BCUT2D eigenvalue weighted by atomic mass is 9.82. The Morgan fingerprint density at radius 3 is 3.16 bits per heavy atom. The van der Waals surface area contributed by atoms with Crippen LogP contribution >= 0.6 is 0 Å². The van der Waals surface area contributed by atoms with Crippen molar-refractivity contribution in [2.75, 3.05) is 0 Å². The largest absolute Gasteiger partial charge is 0.348 e. The van der Waals surface area contributed by atoms with Gasteiger partial charge >= 0.3 is 0 Å². The number of H-pyrrole nitrogens is 1. The molecule has 0 radical (unpaired) electrons. The molecule has 3 fully saturated rings. The summed E-state index contributed by atoms with van der Waals surface area (Å²) in [6.45, 7) is 0. The molecule has 3 aliphatic carbocycles. The lowest BCUT2D eigenvalue weighted by Crippen LogP contribution is -2.35. The number of aromatic nitrogens is 2. The molecule has 4 atom stereocenters. The number of rotatable bonds is 2. The van der Waals surface area contributed by atoms with Gasteiger partial charge in [0.15, 0.2) is 0 Å². The van der Waals surface area contributed by atoms with Gasteiger partial charge < -0.3 is 10.4 Å². The predicted molar refractivity (Wildman–Crippen MR) is 69.8 cm³/mol. The van der Waals surface area contributed by atoms with E-state index >= 15 is 0 Å². The lowest BCUT2D eigenvalue weighted by molar-refractivity contribution is 0.0935. The number of nitrogens with one attached hydrogen (secondary N) is 2. The Kier molecular flexibility index (Phi) is 2.10. The number of hydrogen-bond acceptors (Lipinski definition) is 2. The van der Waals surface area contributed by atoms with E-state index in [2.05, 4.69) is 10.4 Å². The van der Waals surface area contributed by atoms with Crippen molar-refractivity contribution in [2.45, 2.75) is 38.1 Å². The summed E-state index contributed by atoms with van der Waals surface area (Å²) in [4.78, 5) is 23.9. The van der Waals surface area contributed by atoms with Crippen molar-refractivity contribution in [1.82, 2.24) is 15.1 Å². The van der Waals surface area contributed by atoms with Gasteiger partial charge in [0, 0.05) is 19.3 Å². The van der Waals surface area contributed by atoms with Crippen LogP contribution in [-0.2, 0) is 7.05 Å². The van der Waals surface area contributed by atoms with Gasteiger partial charge in [-0.15, -0.1) is 0 Å². The van der Waals surface area contributed by atoms with Crippen LogP contribution in [0.25, 0.3) is 0 Å². The van der Waals surface area contributed by atoms with Gasteiger partial charge in [-0.1, -0.05) is 12.8 Å². The highest BCUT2D eigenvalue weighted by atomic mass is 16.2. The fraction of sp³-hybridized carbons (Fsp3) is 0.714. The summed E-state index contributed by atoms with van der Waals surface area (Å²) in [6, 6.07) is 0.316. The molecule has 1 aromatic rings. The topological polar surface area (TPSA) is 66.9 Å². The fourth-order valence-electron chi connectivity index (χ4n) is 4.68. The third kappa shape index (κ3) is 1.41. The van der Waals surface area contributed by atoms with Crippen LogP contribution in [-0.4, -0.2) is 21.7 Å². The van der Waals surface area contributed by atoms with E-state index in [0.29, 0.717) is 17.4 Å². The number of aromatic amines is 1. The molecule has 5 heteroatoms. The van der Waals surface area contributed by atoms with Crippen molar-refractivity contribution in [1.29, 1.82) is 0 Å². The van der Waals surface area contributed by atoms with Gasteiger partial charge in [-0.3, -0.25) is 14.3 Å². The zero-order valence-corrected chi connectivity index (χ0v) is 11.1. The minimum absolute atomic E-state index is 0.210. The molecule has 2 bridgehead atoms.